The summed E-state index contributed by atoms with van der Waals surface area (Å²) in [5.74, 6) is 0.681. The van der Waals surface area contributed by atoms with E-state index >= 15 is 0 Å². The molecular weight excluding hydrogens is 298 g/mol. The molecule has 0 aromatic carbocycles. The fraction of sp³-hybridized carbons (Fsp3) is 0.938. The lowest BCUT2D eigenvalue weighted by molar-refractivity contribution is 0.346. The maximum absolute atomic E-state index is 11.7. The number of guanidine groups is 1. The summed E-state index contributed by atoms with van der Waals surface area (Å²) in [6.07, 6.45) is 3.42. The highest BCUT2D eigenvalue weighted by Gasteiger charge is 2.30. The molecule has 0 aliphatic heterocycles. The van der Waals surface area contributed by atoms with Gasteiger partial charge in [-0.05, 0) is 46.0 Å². The number of aliphatic imine (C=N–C) groups is 1. The third-order valence-corrected chi connectivity index (χ3v) is 5.81. The van der Waals surface area contributed by atoms with Crippen LogP contribution < -0.4 is 10.6 Å². The molecule has 0 aromatic rings. The Bertz CT molecular complexity index is 462. The van der Waals surface area contributed by atoms with Gasteiger partial charge in [0.25, 0.3) is 0 Å². The number of nitrogens with one attached hydrogen (secondary N) is 2. The van der Waals surface area contributed by atoms with Gasteiger partial charge in [-0.2, -0.15) is 0 Å². The lowest BCUT2D eigenvalue weighted by atomic mass is 9.89. The van der Waals surface area contributed by atoms with E-state index in [4.69, 9.17) is 0 Å². The Hall–Kier alpha value is -0.780. The van der Waals surface area contributed by atoms with Gasteiger partial charge in [0.1, 0.15) is 0 Å². The minimum Gasteiger partial charge on any atom is -0.357 e. The molecule has 0 saturated heterocycles. The molecule has 5 nitrogen and oxygen atoms in total. The van der Waals surface area contributed by atoms with Crippen molar-refractivity contribution in [3.63, 3.8) is 0 Å². The Morgan fingerprint density at radius 1 is 1.18 bits per heavy atom. The summed E-state index contributed by atoms with van der Waals surface area (Å²) in [6.45, 7) is 15.2. The normalized spacial score (nSPS) is 15.5. The van der Waals surface area contributed by atoms with Crippen LogP contribution in [0.2, 0.25) is 0 Å². The second-order valence-corrected chi connectivity index (χ2v) is 10.5. The van der Waals surface area contributed by atoms with Crippen molar-refractivity contribution in [1.29, 1.82) is 0 Å². The average Bonchev–Trinajstić information content (AvgIpc) is 2.31. The van der Waals surface area contributed by atoms with Gasteiger partial charge in [0.2, 0.25) is 0 Å². The number of hydrogen-bond acceptors (Lipinski definition) is 3. The molecule has 22 heavy (non-hydrogen) atoms. The molecule has 0 rings (SSSR count). The Balaban J connectivity index is 4.76. The van der Waals surface area contributed by atoms with Crippen LogP contribution in [0.25, 0.3) is 0 Å². The molecular formula is C16H35N3O2S. The third-order valence-electron chi connectivity index (χ3n) is 3.68. The zero-order valence-electron chi connectivity index (χ0n) is 15.6. The van der Waals surface area contributed by atoms with Crippen LogP contribution in [0.3, 0.4) is 0 Å². The van der Waals surface area contributed by atoms with Gasteiger partial charge in [-0.15, -0.1) is 0 Å². The topological polar surface area (TPSA) is 70.6 Å². The number of nitrogens with zero attached hydrogens (tertiary/aromatic N) is 1. The minimum atomic E-state index is -3.13. The molecule has 132 valence electrons. The van der Waals surface area contributed by atoms with E-state index in [1.807, 2.05) is 6.92 Å². The summed E-state index contributed by atoms with van der Waals surface area (Å²) in [5, 5.41) is 6.54. The molecule has 1 unspecified atom stereocenters. The van der Waals surface area contributed by atoms with Crippen molar-refractivity contribution >= 4 is 15.8 Å². The van der Waals surface area contributed by atoms with Gasteiger partial charge in [0, 0.05) is 18.8 Å². The first-order chi connectivity index (χ1) is 9.78. The quantitative estimate of drug-likeness (QED) is 0.555. The van der Waals surface area contributed by atoms with Crippen LogP contribution in [0.1, 0.15) is 61.3 Å². The summed E-state index contributed by atoms with van der Waals surface area (Å²) < 4.78 is 22.6. The van der Waals surface area contributed by atoms with Crippen LogP contribution in [0.4, 0.5) is 0 Å². The zero-order chi connectivity index (χ0) is 17.6. The standard InChI is InChI=1S/C16H35N3O2S/c1-9-17-14(18-12-16(6,7)22(8,20)21)19-13(2)10-11-15(3,4)5/h13H,9-12H2,1-8H3,(H2,17,18,19). The van der Waals surface area contributed by atoms with Crippen molar-refractivity contribution in [2.45, 2.75) is 72.1 Å². The Labute approximate surface area is 137 Å². The fourth-order valence-electron chi connectivity index (χ4n) is 1.66. The Morgan fingerprint density at radius 2 is 1.73 bits per heavy atom. The van der Waals surface area contributed by atoms with E-state index < -0.39 is 14.6 Å². The first-order valence-corrected chi connectivity index (χ1v) is 9.92. The lowest BCUT2D eigenvalue weighted by Gasteiger charge is -2.24. The van der Waals surface area contributed by atoms with E-state index in [2.05, 4.69) is 43.3 Å². The molecule has 2 N–H and O–H groups in total. The summed E-state index contributed by atoms with van der Waals surface area (Å²) in [7, 11) is -3.13. The van der Waals surface area contributed by atoms with E-state index in [0.29, 0.717) is 17.4 Å². The van der Waals surface area contributed by atoms with Crippen molar-refractivity contribution in [2.24, 2.45) is 10.4 Å². The molecule has 0 aliphatic carbocycles. The Kier molecular flexibility index (Phi) is 7.89. The van der Waals surface area contributed by atoms with Gasteiger partial charge in [-0.25, -0.2) is 8.42 Å². The molecule has 0 fully saturated rings. The van der Waals surface area contributed by atoms with Crippen molar-refractivity contribution in [3.8, 4) is 0 Å². The monoisotopic (exact) mass is 333 g/mol. The predicted octanol–water partition coefficient (Wildman–Crippen LogP) is 2.58. The number of rotatable bonds is 7. The molecule has 6 heteroatoms. The predicted molar refractivity (Wildman–Crippen MR) is 96.2 cm³/mol. The highest BCUT2D eigenvalue weighted by molar-refractivity contribution is 7.92. The second kappa shape index (κ2) is 8.18. The van der Waals surface area contributed by atoms with E-state index in [1.54, 1.807) is 13.8 Å². The highest BCUT2D eigenvalue weighted by Crippen LogP contribution is 2.21. The summed E-state index contributed by atoms with van der Waals surface area (Å²) in [6, 6.07) is 0.290. The van der Waals surface area contributed by atoms with Crippen molar-refractivity contribution in [1.82, 2.24) is 10.6 Å². The van der Waals surface area contributed by atoms with Crippen molar-refractivity contribution in [2.75, 3.05) is 19.3 Å². The van der Waals surface area contributed by atoms with Gasteiger partial charge >= 0.3 is 0 Å². The van der Waals surface area contributed by atoms with Crippen LogP contribution >= 0.6 is 0 Å². The van der Waals surface area contributed by atoms with Crippen LogP contribution in [-0.4, -0.2) is 44.5 Å². The molecule has 0 aliphatic rings. The summed E-state index contributed by atoms with van der Waals surface area (Å²) in [5.41, 5.74) is 0.309. The van der Waals surface area contributed by atoms with Gasteiger partial charge in [0.15, 0.2) is 15.8 Å². The van der Waals surface area contributed by atoms with E-state index in [-0.39, 0.29) is 6.54 Å². The van der Waals surface area contributed by atoms with Gasteiger partial charge in [-0.1, -0.05) is 20.8 Å². The molecule has 0 bridgehead atoms. The first kappa shape index (κ1) is 21.2. The number of sulfone groups is 1. The van der Waals surface area contributed by atoms with Crippen LogP contribution in [0.5, 0.6) is 0 Å². The minimum absolute atomic E-state index is 0.243. The molecule has 0 saturated carbocycles. The number of hydrogen-bond donors (Lipinski definition) is 2. The van der Waals surface area contributed by atoms with Gasteiger partial charge in [0.05, 0.1) is 11.3 Å². The molecule has 0 radical (unpaired) electrons. The smallest absolute Gasteiger partial charge is 0.191 e. The lowest BCUT2D eigenvalue weighted by Crippen LogP contribution is -2.44. The SMILES string of the molecule is CCNC(=NCC(C)(C)S(C)(=O)=O)NC(C)CCC(C)(C)C. The molecule has 0 spiro atoms. The van der Waals surface area contributed by atoms with Crippen LogP contribution in [0, 0.1) is 5.41 Å². The maximum atomic E-state index is 11.7. The Morgan fingerprint density at radius 3 is 2.14 bits per heavy atom. The second-order valence-electron chi connectivity index (χ2n) is 7.87. The van der Waals surface area contributed by atoms with Crippen molar-refractivity contribution in [3.05, 3.63) is 0 Å². The molecule has 0 aromatic heterocycles. The van der Waals surface area contributed by atoms with Crippen LogP contribution in [-0.2, 0) is 9.84 Å². The highest BCUT2D eigenvalue weighted by atomic mass is 32.2. The summed E-state index contributed by atoms with van der Waals surface area (Å²) in [4.78, 5) is 4.45. The van der Waals surface area contributed by atoms with E-state index in [1.165, 1.54) is 6.26 Å². The molecule has 0 amide bonds. The zero-order valence-corrected chi connectivity index (χ0v) is 16.4. The van der Waals surface area contributed by atoms with Gasteiger partial charge < -0.3 is 10.6 Å². The van der Waals surface area contributed by atoms with Gasteiger partial charge in [-0.3, -0.25) is 4.99 Å². The molecule has 0 heterocycles. The fourth-order valence-corrected chi connectivity index (χ4v) is 1.96. The van der Waals surface area contributed by atoms with E-state index in [0.717, 1.165) is 19.4 Å². The third kappa shape index (κ3) is 8.61. The van der Waals surface area contributed by atoms with E-state index in [9.17, 15) is 8.42 Å². The maximum Gasteiger partial charge on any atom is 0.191 e. The van der Waals surface area contributed by atoms with Crippen LogP contribution in [0.15, 0.2) is 4.99 Å². The summed E-state index contributed by atoms with van der Waals surface area (Å²) >= 11 is 0. The largest absolute Gasteiger partial charge is 0.357 e. The average molecular weight is 334 g/mol. The van der Waals surface area contributed by atoms with Crippen molar-refractivity contribution < 1.29 is 8.42 Å². The molecule has 1 atom stereocenters. The first-order valence-electron chi connectivity index (χ1n) is 8.03.